The lowest BCUT2D eigenvalue weighted by Gasteiger charge is -2.19. The fourth-order valence-corrected chi connectivity index (χ4v) is 2.16. The molecule has 0 bridgehead atoms. The van der Waals surface area contributed by atoms with Gasteiger partial charge in [0.1, 0.15) is 25.9 Å². The van der Waals surface area contributed by atoms with E-state index in [2.05, 4.69) is 19.7 Å². The lowest BCUT2D eigenvalue weighted by molar-refractivity contribution is -0.144. The molecule has 0 aromatic rings. The van der Waals surface area contributed by atoms with E-state index in [1.54, 1.807) is 6.92 Å². The van der Waals surface area contributed by atoms with Crippen molar-refractivity contribution in [2.45, 2.75) is 32.5 Å². The van der Waals surface area contributed by atoms with E-state index in [4.69, 9.17) is 33.2 Å². The average molecular weight is 471 g/mol. The minimum atomic E-state index is -0.603. The zero-order valence-electron chi connectivity index (χ0n) is 19.4. The van der Waals surface area contributed by atoms with E-state index >= 15 is 0 Å². The molecule has 0 radical (unpaired) electrons. The van der Waals surface area contributed by atoms with E-state index in [9.17, 15) is 14.4 Å². The summed E-state index contributed by atoms with van der Waals surface area (Å²) in [5.41, 5.74) is 0.794. The Bertz CT molecular complexity index is 695. The Labute approximate surface area is 194 Å². The van der Waals surface area contributed by atoms with Crippen molar-refractivity contribution in [3.8, 4) is 0 Å². The summed E-state index contributed by atoms with van der Waals surface area (Å²) in [6.07, 6.45) is -0.522. The molecular formula is C23H34O10. The standard InChI is InChI=1S/C23H34O10/c1-16(2)21(24)30-11-9-28-7-6-27-8-10-29-19(13-32-22(25)17(3)4)12-18(5)23(26)33-15-20-14-31-20/h19-20H,1,3,5-15H2,2,4H3. The first-order chi connectivity index (χ1) is 15.7. The molecule has 1 rings (SSSR count). The highest BCUT2D eigenvalue weighted by molar-refractivity contribution is 5.88. The second-order valence-corrected chi connectivity index (χ2v) is 7.37. The summed E-state index contributed by atoms with van der Waals surface area (Å²) in [6, 6.07) is 0. The van der Waals surface area contributed by atoms with Crippen LogP contribution in [0.4, 0.5) is 0 Å². The van der Waals surface area contributed by atoms with E-state index in [1.165, 1.54) is 6.92 Å². The van der Waals surface area contributed by atoms with E-state index in [0.29, 0.717) is 25.4 Å². The Hall–Kier alpha value is -2.53. The smallest absolute Gasteiger partial charge is 0.333 e. The highest BCUT2D eigenvalue weighted by atomic mass is 16.6. The zero-order chi connectivity index (χ0) is 24.6. The Balaban J connectivity index is 2.23. The Morgan fingerprint density at radius 2 is 1.36 bits per heavy atom. The second kappa shape index (κ2) is 16.1. The van der Waals surface area contributed by atoms with Gasteiger partial charge in [0, 0.05) is 23.1 Å². The van der Waals surface area contributed by atoms with Crippen LogP contribution in [-0.2, 0) is 47.5 Å². The van der Waals surface area contributed by atoms with Crippen LogP contribution >= 0.6 is 0 Å². The molecule has 0 spiro atoms. The molecule has 0 aliphatic carbocycles. The van der Waals surface area contributed by atoms with Crippen molar-refractivity contribution in [1.82, 2.24) is 0 Å². The third-order valence-corrected chi connectivity index (χ3v) is 4.08. The Morgan fingerprint density at radius 3 is 1.94 bits per heavy atom. The van der Waals surface area contributed by atoms with Gasteiger partial charge >= 0.3 is 17.9 Å². The highest BCUT2D eigenvalue weighted by Crippen LogP contribution is 2.13. The molecule has 1 aliphatic heterocycles. The normalized spacial score (nSPS) is 15.3. The third-order valence-electron chi connectivity index (χ3n) is 4.08. The maximum atomic E-state index is 12.0. The average Bonchev–Trinajstić information content (AvgIpc) is 3.60. The van der Waals surface area contributed by atoms with Gasteiger partial charge in [0.05, 0.1) is 45.7 Å². The number of esters is 3. The summed E-state index contributed by atoms with van der Waals surface area (Å²) in [7, 11) is 0. The number of rotatable bonds is 19. The lowest BCUT2D eigenvalue weighted by atomic mass is 10.1. The first-order valence-electron chi connectivity index (χ1n) is 10.6. The van der Waals surface area contributed by atoms with Crippen LogP contribution in [0.25, 0.3) is 0 Å². The molecule has 0 saturated carbocycles. The predicted octanol–water partition coefficient (Wildman–Crippen LogP) is 1.53. The van der Waals surface area contributed by atoms with Crippen molar-refractivity contribution in [1.29, 1.82) is 0 Å². The monoisotopic (exact) mass is 470 g/mol. The van der Waals surface area contributed by atoms with Gasteiger partial charge in [-0.05, 0) is 13.8 Å². The minimum Gasteiger partial charge on any atom is -0.460 e. The maximum absolute atomic E-state index is 12.0. The molecule has 186 valence electrons. The summed E-state index contributed by atoms with van der Waals surface area (Å²) < 4.78 is 36.5. The van der Waals surface area contributed by atoms with Crippen molar-refractivity contribution in [2.24, 2.45) is 0 Å². The third kappa shape index (κ3) is 14.3. The number of carbonyl (C=O) groups is 3. The van der Waals surface area contributed by atoms with Gasteiger partial charge in [0.25, 0.3) is 0 Å². The molecule has 0 aromatic heterocycles. The van der Waals surface area contributed by atoms with E-state index in [-0.39, 0.29) is 63.3 Å². The quantitative estimate of drug-likeness (QED) is 0.0904. The molecular weight excluding hydrogens is 436 g/mol. The molecule has 1 heterocycles. The Kier molecular flexibility index (Phi) is 13.9. The Morgan fingerprint density at radius 1 is 0.818 bits per heavy atom. The fourth-order valence-electron chi connectivity index (χ4n) is 2.16. The van der Waals surface area contributed by atoms with Gasteiger partial charge in [-0.3, -0.25) is 0 Å². The van der Waals surface area contributed by atoms with Crippen LogP contribution in [0.15, 0.2) is 36.5 Å². The molecule has 10 heteroatoms. The van der Waals surface area contributed by atoms with Crippen molar-refractivity contribution in [3.05, 3.63) is 36.5 Å². The predicted molar refractivity (Wildman–Crippen MR) is 117 cm³/mol. The van der Waals surface area contributed by atoms with E-state index in [0.717, 1.165) is 0 Å². The summed E-state index contributed by atoms with van der Waals surface area (Å²) >= 11 is 0. The van der Waals surface area contributed by atoms with Gasteiger partial charge in [-0.1, -0.05) is 19.7 Å². The summed E-state index contributed by atoms with van der Waals surface area (Å²) in [4.78, 5) is 34.9. The molecule has 0 amide bonds. The number of epoxide rings is 1. The first-order valence-corrected chi connectivity index (χ1v) is 10.6. The van der Waals surface area contributed by atoms with Crippen molar-refractivity contribution < 1.29 is 47.5 Å². The molecule has 0 aromatic carbocycles. The van der Waals surface area contributed by atoms with E-state index in [1.807, 2.05) is 0 Å². The maximum Gasteiger partial charge on any atom is 0.333 e. The molecule has 1 saturated heterocycles. The lowest BCUT2D eigenvalue weighted by Crippen LogP contribution is -2.26. The molecule has 10 nitrogen and oxygen atoms in total. The van der Waals surface area contributed by atoms with Crippen LogP contribution in [0.2, 0.25) is 0 Å². The molecule has 33 heavy (non-hydrogen) atoms. The van der Waals surface area contributed by atoms with Crippen molar-refractivity contribution >= 4 is 17.9 Å². The fraction of sp³-hybridized carbons (Fsp3) is 0.609. The summed E-state index contributed by atoms with van der Waals surface area (Å²) in [5, 5.41) is 0. The van der Waals surface area contributed by atoms with Crippen molar-refractivity contribution in [2.75, 3.05) is 59.5 Å². The molecule has 2 atom stereocenters. The molecule has 0 N–H and O–H groups in total. The van der Waals surface area contributed by atoms with Crippen LogP contribution in [0, 0.1) is 0 Å². The second-order valence-electron chi connectivity index (χ2n) is 7.37. The minimum absolute atomic E-state index is 0.0437. The number of hydrogen-bond donors (Lipinski definition) is 0. The van der Waals surface area contributed by atoms with Crippen LogP contribution in [0.3, 0.4) is 0 Å². The molecule has 1 aliphatic rings. The SMILES string of the molecule is C=C(C)C(=O)OCCOCCOCCOC(COC(=O)C(=C)C)CC(=C)C(=O)OCC1CO1. The number of carbonyl (C=O) groups excluding carboxylic acids is 3. The largest absolute Gasteiger partial charge is 0.460 e. The van der Waals surface area contributed by atoms with Crippen LogP contribution in [0.1, 0.15) is 20.3 Å². The van der Waals surface area contributed by atoms with Gasteiger partial charge in [-0.15, -0.1) is 0 Å². The van der Waals surface area contributed by atoms with Crippen molar-refractivity contribution in [3.63, 3.8) is 0 Å². The first kappa shape index (κ1) is 28.5. The van der Waals surface area contributed by atoms with E-state index < -0.39 is 24.0 Å². The van der Waals surface area contributed by atoms with Gasteiger partial charge in [-0.2, -0.15) is 0 Å². The van der Waals surface area contributed by atoms with Gasteiger partial charge in [0.15, 0.2) is 0 Å². The van der Waals surface area contributed by atoms with Gasteiger partial charge in [0.2, 0.25) is 0 Å². The molecule has 2 unspecified atom stereocenters. The highest BCUT2D eigenvalue weighted by Gasteiger charge is 2.25. The van der Waals surface area contributed by atoms with Gasteiger partial charge in [-0.25, -0.2) is 14.4 Å². The zero-order valence-corrected chi connectivity index (χ0v) is 19.4. The summed E-state index contributed by atoms with van der Waals surface area (Å²) in [6.45, 7) is 16.0. The molecule has 1 fully saturated rings. The number of ether oxygens (including phenoxy) is 7. The van der Waals surface area contributed by atoms with Crippen LogP contribution in [0.5, 0.6) is 0 Å². The van der Waals surface area contributed by atoms with Crippen LogP contribution < -0.4 is 0 Å². The summed E-state index contributed by atoms with van der Waals surface area (Å²) in [5.74, 6) is -1.55. The van der Waals surface area contributed by atoms with Gasteiger partial charge < -0.3 is 33.2 Å². The van der Waals surface area contributed by atoms with Crippen LogP contribution in [-0.4, -0.2) is 89.6 Å². The number of hydrogen-bond acceptors (Lipinski definition) is 10. The topological polar surface area (TPSA) is 119 Å².